The summed E-state index contributed by atoms with van der Waals surface area (Å²) in [6.07, 6.45) is 2.22. The number of benzene rings is 2. The number of hydrogen-bond acceptors (Lipinski definition) is 3. The number of anilines is 2. The topological polar surface area (TPSA) is 54.0 Å². The minimum atomic E-state index is -0.343. The molecule has 2 aromatic carbocycles. The number of nitrogens with zero attached hydrogens (tertiary/aromatic N) is 1. The molecule has 6 heteroatoms. The van der Waals surface area contributed by atoms with Gasteiger partial charge in [-0.2, -0.15) is 0 Å². The summed E-state index contributed by atoms with van der Waals surface area (Å²) in [6, 6.07) is 16.8. The Bertz CT molecular complexity index is 917. The van der Waals surface area contributed by atoms with Crippen molar-refractivity contribution in [1.29, 1.82) is 0 Å². The molecule has 0 fully saturated rings. The van der Waals surface area contributed by atoms with Crippen LogP contribution in [0.2, 0.25) is 5.02 Å². The van der Waals surface area contributed by atoms with E-state index in [-0.39, 0.29) is 11.7 Å². The number of amides is 1. The lowest BCUT2D eigenvalue weighted by molar-refractivity contribution is 0.0954. The monoisotopic (exact) mass is 369 g/mol. The number of halogens is 2. The summed E-state index contributed by atoms with van der Waals surface area (Å²) in [5, 5.41) is 6.53. The van der Waals surface area contributed by atoms with Crippen LogP contribution in [0.15, 0.2) is 66.9 Å². The number of aromatic nitrogens is 1. The number of hydrogen-bond donors (Lipinski definition) is 2. The van der Waals surface area contributed by atoms with Crippen LogP contribution in [-0.2, 0) is 6.42 Å². The zero-order chi connectivity index (χ0) is 18.4. The van der Waals surface area contributed by atoms with Crippen LogP contribution < -0.4 is 10.6 Å². The smallest absolute Gasteiger partial charge is 0.251 e. The minimum Gasteiger partial charge on any atom is -0.352 e. The average molecular weight is 370 g/mol. The maximum atomic E-state index is 13.2. The maximum absolute atomic E-state index is 13.2. The van der Waals surface area contributed by atoms with Crippen LogP contribution in [0.4, 0.5) is 15.9 Å². The Morgan fingerprint density at radius 3 is 2.73 bits per heavy atom. The molecular weight excluding hydrogens is 353 g/mol. The highest BCUT2D eigenvalue weighted by atomic mass is 35.5. The molecule has 0 aliphatic heterocycles. The summed E-state index contributed by atoms with van der Waals surface area (Å²) in [7, 11) is 0. The van der Waals surface area contributed by atoms with E-state index in [0.717, 1.165) is 5.56 Å². The summed E-state index contributed by atoms with van der Waals surface area (Å²) in [6.45, 7) is 0.494. The number of pyridine rings is 1. The third-order valence-electron chi connectivity index (χ3n) is 3.71. The molecule has 0 saturated heterocycles. The Morgan fingerprint density at radius 2 is 1.92 bits per heavy atom. The second kappa shape index (κ2) is 8.45. The predicted molar refractivity (Wildman–Crippen MR) is 101 cm³/mol. The molecule has 0 saturated carbocycles. The minimum absolute atomic E-state index is 0.197. The average Bonchev–Trinajstić information content (AvgIpc) is 2.62. The predicted octanol–water partition coefficient (Wildman–Crippen LogP) is 4.59. The molecule has 26 heavy (non-hydrogen) atoms. The standard InChI is InChI=1S/C20H17ClFN3O/c21-16-4-1-3-14(11-16)7-9-24-20(26)15-8-10-23-19(12-15)25-18-6-2-5-17(22)13-18/h1-6,8,10-13H,7,9H2,(H,23,25)(H,24,26). The molecule has 0 aliphatic rings. The first-order chi connectivity index (χ1) is 12.6. The van der Waals surface area contributed by atoms with Crippen LogP contribution in [0.25, 0.3) is 0 Å². The van der Waals surface area contributed by atoms with Gasteiger partial charge in [-0.3, -0.25) is 4.79 Å². The Balaban J connectivity index is 1.59. The fourth-order valence-electron chi connectivity index (χ4n) is 2.47. The van der Waals surface area contributed by atoms with E-state index in [1.165, 1.54) is 18.3 Å². The quantitative estimate of drug-likeness (QED) is 0.668. The van der Waals surface area contributed by atoms with Crippen molar-refractivity contribution in [2.24, 2.45) is 0 Å². The van der Waals surface area contributed by atoms with Crippen LogP contribution >= 0.6 is 11.6 Å². The molecule has 0 bridgehead atoms. The maximum Gasteiger partial charge on any atom is 0.251 e. The highest BCUT2D eigenvalue weighted by molar-refractivity contribution is 6.30. The summed E-state index contributed by atoms with van der Waals surface area (Å²) in [5.74, 6) is -0.0697. The second-order valence-electron chi connectivity index (χ2n) is 5.70. The van der Waals surface area contributed by atoms with Gasteiger partial charge in [-0.05, 0) is 54.4 Å². The van der Waals surface area contributed by atoms with E-state index in [0.29, 0.717) is 35.1 Å². The van der Waals surface area contributed by atoms with E-state index in [1.54, 1.807) is 24.3 Å². The molecule has 1 aromatic heterocycles. The van der Waals surface area contributed by atoms with Gasteiger partial charge in [-0.25, -0.2) is 9.37 Å². The summed E-state index contributed by atoms with van der Waals surface area (Å²) < 4.78 is 13.2. The molecule has 0 aliphatic carbocycles. The van der Waals surface area contributed by atoms with Gasteiger partial charge in [-0.15, -0.1) is 0 Å². The van der Waals surface area contributed by atoms with E-state index in [2.05, 4.69) is 15.6 Å². The van der Waals surface area contributed by atoms with E-state index >= 15 is 0 Å². The van der Waals surface area contributed by atoms with Gasteiger partial charge in [0.2, 0.25) is 0 Å². The largest absolute Gasteiger partial charge is 0.352 e. The highest BCUT2D eigenvalue weighted by Gasteiger charge is 2.07. The van der Waals surface area contributed by atoms with Crippen molar-refractivity contribution in [3.8, 4) is 0 Å². The first-order valence-corrected chi connectivity index (χ1v) is 8.49. The molecule has 0 unspecified atom stereocenters. The van der Waals surface area contributed by atoms with Crippen molar-refractivity contribution in [2.75, 3.05) is 11.9 Å². The molecule has 0 atom stereocenters. The van der Waals surface area contributed by atoms with Crippen LogP contribution in [0.1, 0.15) is 15.9 Å². The van der Waals surface area contributed by atoms with Crippen molar-refractivity contribution < 1.29 is 9.18 Å². The Hall–Kier alpha value is -2.92. The van der Waals surface area contributed by atoms with Crippen LogP contribution in [0.5, 0.6) is 0 Å². The van der Waals surface area contributed by atoms with Gasteiger partial charge < -0.3 is 10.6 Å². The fourth-order valence-corrected chi connectivity index (χ4v) is 2.68. The van der Waals surface area contributed by atoms with Crippen molar-refractivity contribution in [1.82, 2.24) is 10.3 Å². The van der Waals surface area contributed by atoms with Gasteiger partial charge in [0.25, 0.3) is 5.91 Å². The molecule has 132 valence electrons. The zero-order valence-electron chi connectivity index (χ0n) is 13.9. The lowest BCUT2D eigenvalue weighted by Crippen LogP contribution is -2.25. The van der Waals surface area contributed by atoms with Crippen LogP contribution in [-0.4, -0.2) is 17.4 Å². The van der Waals surface area contributed by atoms with Crippen molar-refractivity contribution in [3.05, 3.63) is 88.8 Å². The van der Waals surface area contributed by atoms with Gasteiger partial charge in [0.05, 0.1) is 0 Å². The first-order valence-electron chi connectivity index (χ1n) is 8.11. The van der Waals surface area contributed by atoms with E-state index < -0.39 is 0 Å². The van der Waals surface area contributed by atoms with Gasteiger partial charge in [-0.1, -0.05) is 29.8 Å². The third kappa shape index (κ3) is 5.04. The lowest BCUT2D eigenvalue weighted by atomic mass is 10.1. The molecule has 2 N–H and O–H groups in total. The fraction of sp³-hybridized carbons (Fsp3) is 0.100. The molecule has 3 rings (SSSR count). The summed E-state index contributed by atoms with van der Waals surface area (Å²) >= 11 is 5.95. The number of rotatable bonds is 6. The normalized spacial score (nSPS) is 10.4. The van der Waals surface area contributed by atoms with Crippen LogP contribution in [0.3, 0.4) is 0 Å². The van der Waals surface area contributed by atoms with Crippen molar-refractivity contribution in [3.63, 3.8) is 0 Å². The van der Waals surface area contributed by atoms with Crippen molar-refractivity contribution in [2.45, 2.75) is 6.42 Å². The number of nitrogens with one attached hydrogen (secondary N) is 2. The van der Waals surface area contributed by atoms with E-state index in [1.807, 2.05) is 24.3 Å². The molecule has 1 amide bonds. The SMILES string of the molecule is O=C(NCCc1cccc(Cl)c1)c1ccnc(Nc2cccc(F)c2)c1. The van der Waals surface area contributed by atoms with Gasteiger partial charge in [0, 0.05) is 29.0 Å². The van der Waals surface area contributed by atoms with Crippen LogP contribution in [0, 0.1) is 5.82 Å². The number of carbonyl (C=O) groups is 1. The molecule has 0 spiro atoms. The number of carbonyl (C=O) groups excluding carboxylic acids is 1. The molecule has 1 heterocycles. The van der Waals surface area contributed by atoms with Gasteiger partial charge >= 0.3 is 0 Å². The lowest BCUT2D eigenvalue weighted by Gasteiger charge is -2.09. The summed E-state index contributed by atoms with van der Waals surface area (Å²) in [5.41, 5.74) is 2.10. The Labute approximate surface area is 156 Å². The zero-order valence-corrected chi connectivity index (χ0v) is 14.6. The highest BCUT2D eigenvalue weighted by Crippen LogP contribution is 2.16. The van der Waals surface area contributed by atoms with Gasteiger partial charge in [0.15, 0.2) is 0 Å². The molecule has 3 aromatic rings. The van der Waals surface area contributed by atoms with E-state index in [4.69, 9.17) is 11.6 Å². The second-order valence-corrected chi connectivity index (χ2v) is 6.14. The Kier molecular flexibility index (Phi) is 5.81. The third-order valence-corrected chi connectivity index (χ3v) is 3.94. The molecule has 0 radical (unpaired) electrons. The summed E-state index contributed by atoms with van der Waals surface area (Å²) in [4.78, 5) is 16.5. The first kappa shape index (κ1) is 17.9. The molecular formula is C20H17ClFN3O. The van der Waals surface area contributed by atoms with Crippen molar-refractivity contribution >= 4 is 29.0 Å². The molecule has 4 nitrogen and oxygen atoms in total. The van der Waals surface area contributed by atoms with E-state index in [9.17, 15) is 9.18 Å². The Morgan fingerprint density at radius 1 is 1.08 bits per heavy atom. The van der Waals surface area contributed by atoms with Gasteiger partial charge in [0.1, 0.15) is 11.6 Å².